The van der Waals surface area contributed by atoms with E-state index >= 15 is 0 Å². The van der Waals surface area contributed by atoms with Gasteiger partial charge in [-0.1, -0.05) is 43.7 Å². The van der Waals surface area contributed by atoms with Crippen molar-refractivity contribution in [1.82, 2.24) is 4.90 Å². The molecule has 1 aromatic carbocycles. The van der Waals surface area contributed by atoms with Gasteiger partial charge in [-0.15, -0.1) is 0 Å². The van der Waals surface area contributed by atoms with Crippen LogP contribution in [0.3, 0.4) is 0 Å². The van der Waals surface area contributed by atoms with Crippen molar-refractivity contribution in [2.75, 3.05) is 13.1 Å². The van der Waals surface area contributed by atoms with Crippen molar-refractivity contribution in [2.24, 2.45) is 5.92 Å². The fraction of sp³-hybridized carbons (Fsp3) is 0.588. The molecule has 0 heterocycles. The maximum Gasteiger partial charge on any atom is 0.225 e. The summed E-state index contributed by atoms with van der Waals surface area (Å²) in [6.45, 7) is 12.0. The topological polar surface area (TPSA) is 20.3 Å². The first-order chi connectivity index (χ1) is 9.04. The molecule has 0 aromatic heterocycles. The van der Waals surface area contributed by atoms with Crippen LogP contribution in [0.5, 0.6) is 0 Å². The van der Waals surface area contributed by atoms with Crippen molar-refractivity contribution in [2.45, 2.75) is 47.0 Å². The van der Waals surface area contributed by atoms with E-state index in [9.17, 15) is 4.79 Å². The van der Waals surface area contributed by atoms with Crippen LogP contribution < -0.4 is 0 Å². The average Bonchev–Trinajstić information content (AvgIpc) is 2.40. The van der Waals surface area contributed by atoms with Crippen LogP contribution >= 0.6 is 0 Å². The van der Waals surface area contributed by atoms with Crippen LogP contribution in [-0.2, 0) is 4.79 Å². The van der Waals surface area contributed by atoms with Gasteiger partial charge < -0.3 is 4.90 Å². The van der Waals surface area contributed by atoms with Crippen molar-refractivity contribution >= 4 is 5.91 Å². The summed E-state index contributed by atoms with van der Waals surface area (Å²) in [5.74, 6) is 0.637. The van der Waals surface area contributed by atoms with Crippen LogP contribution in [0.15, 0.2) is 24.3 Å². The molecule has 106 valence electrons. The molecule has 2 atom stereocenters. The minimum atomic E-state index is 0.0479. The predicted octanol–water partition coefficient (Wildman–Crippen LogP) is 3.99. The number of benzene rings is 1. The Labute approximate surface area is 117 Å². The Kier molecular flexibility index (Phi) is 6.07. The maximum atomic E-state index is 12.5. The number of rotatable bonds is 6. The summed E-state index contributed by atoms with van der Waals surface area (Å²) in [6, 6.07) is 8.54. The third-order valence-electron chi connectivity index (χ3n) is 3.98. The number of hydrogen-bond acceptors (Lipinski definition) is 1. The highest BCUT2D eigenvalue weighted by atomic mass is 16.2. The molecule has 2 unspecified atom stereocenters. The van der Waals surface area contributed by atoms with Crippen LogP contribution in [0.4, 0.5) is 0 Å². The highest BCUT2D eigenvalue weighted by Gasteiger charge is 2.26. The molecule has 0 bridgehead atoms. The second-order valence-electron chi connectivity index (χ2n) is 5.23. The Morgan fingerprint density at radius 2 is 1.84 bits per heavy atom. The van der Waals surface area contributed by atoms with Crippen molar-refractivity contribution in [3.05, 3.63) is 35.4 Å². The molecule has 1 aromatic rings. The molecule has 2 heteroatoms. The summed E-state index contributed by atoms with van der Waals surface area (Å²) in [7, 11) is 0. The third-order valence-corrected chi connectivity index (χ3v) is 3.98. The third kappa shape index (κ3) is 3.82. The van der Waals surface area contributed by atoms with Gasteiger partial charge in [-0.05, 0) is 38.7 Å². The molecule has 0 saturated heterocycles. The van der Waals surface area contributed by atoms with Gasteiger partial charge in [0.1, 0.15) is 0 Å². The Balaban J connectivity index is 2.93. The van der Waals surface area contributed by atoms with E-state index in [1.54, 1.807) is 0 Å². The Morgan fingerprint density at radius 3 is 2.32 bits per heavy atom. The maximum absolute atomic E-state index is 12.5. The molecule has 0 N–H and O–H groups in total. The minimum absolute atomic E-state index is 0.0479. The van der Waals surface area contributed by atoms with Gasteiger partial charge in [-0.3, -0.25) is 4.79 Å². The predicted molar refractivity (Wildman–Crippen MR) is 81.3 cm³/mol. The molecule has 0 aliphatic carbocycles. The van der Waals surface area contributed by atoms with Crippen molar-refractivity contribution < 1.29 is 4.79 Å². The Hall–Kier alpha value is -1.31. The average molecular weight is 261 g/mol. The lowest BCUT2D eigenvalue weighted by Gasteiger charge is -2.28. The van der Waals surface area contributed by atoms with Gasteiger partial charge in [0, 0.05) is 19.0 Å². The zero-order chi connectivity index (χ0) is 14.4. The van der Waals surface area contributed by atoms with Crippen LogP contribution in [-0.4, -0.2) is 23.9 Å². The molecule has 1 rings (SSSR count). The number of amides is 1. The van der Waals surface area contributed by atoms with E-state index in [-0.39, 0.29) is 11.8 Å². The smallest absolute Gasteiger partial charge is 0.225 e. The van der Waals surface area contributed by atoms with E-state index in [1.807, 2.05) is 18.7 Å². The van der Waals surface area contributed by atoms with Gasteiger partial charge >= 0.3 is 0 Å². The number of carbonyl (C=O) groups is 1. The van der Waals surface area contributed by atoms with Crippen molar-refractivity contribution in [3.63, 3.8) is 0 Å². The molecule has 0 radical (unpaired) electrons. The van der Waals surface area contributed by atoms with Gasteiger partial charge in [0.2, 0.25) is 5.91 Å². The second kappa shape index (κ2) is 7.32. The quantitative estimate of drug-likeness (QED) is 0.758. The van der Waals surface area contributed by atoms with E-state index in [1.165, 1.54) is 11.1 Å². The molecule has 0 aliphatic heterocycles. The fourth-order valence-corrected chi connectivity index (χ4v) is 2.77. The van der Waals surface area contributed by atoms with Gasteiger partial charge in [0.05, 0.1) is 0 Å². The van der Waals surface area contributed by atoms with Gasteiger partial charge in [0.15, 0.2) is 0 Å². The van der Waals surface area contributed by atoms with E-state index in [2.05, 4.69) is 45.0 Å². The lowest BCUT2D eigenvalue weighted by molar-refractivity contribution is -0.135. The zero-order valence-electron chi connectivity index (χ0n) is 12.9. The molecule has 0 aliphatic rings. The molecular formula is C17H27NO. The lowest BCUT2D eigenvalue weighted by Crippen LogP contribution is -2.37. The first-order valence-electron chi connectivity index (χ1n) is 7.40. The highest BCUT2D eigenvalue weighted by molar-refractivity contribution is 5.79. The van der Waals surface area contributed by atoms with Gasteiger partial charge in [-0.2, -0.15) is 0 Å². The largest absolute Gasteiger partial charge is 0.343 e. The van der Waals surface area contributed by atoms with Gasteiger partial charge in [0.25, 0.3) is 0 Å². The van der Waals surface area contributed by atoms with Crippen LogP contribution in [0, 0.1) is 12.8 Å². The zero-order valence-corrected chi connectivity index (χ0v) is 12.9. The number of nitrogens with zero attached hydrogens (tertiary/aromatic N) is 1. The molecule has 0 spiro atoms. The molecule has 19 heavy (non-hydrogen) atoms. The minimum Gasteiger partial charge on any atom is -0.343 e. The normalized spacial score (nSPS) is 13.9. The summed E-state index contributed by atoms with van der Waals surface area (Å²) in [5, 5.41) is 0. The lowest BCUT2D eigenvalue weighted by atomic mass is 9.84. The molecule has 1 amide bonds. The number of hydrogen-bond donors (Lipinski definition) is 0. The summed E-state index contributed by atoms with van der Waals surface area (Å²) in [6.07, 6.45) is 0.998. The van der Waals surface area contributed by atoms with E-state index in [0.29, 0.717) is 5.92 Å². The monoisotopic (exact) mass is 261 g/mol. The standard InChI is InChI=1S/C17H27NO/c1-6-16(15-11-9-10-13(4)12-15)14(5)17(19)18(7-2)8-3/h9-12,14,16H,6-8H2,1-5H3. The summed E-state index contributed by atoms with van der Waals surface area (Å²) < 4.78 is 0. The Bertz CT molecular complexity index is 409. The summed E-state index contributed by atoms with van der Waals surface area (Å²) >= 11 is 0. The Morgan fingerprint density at radius 1 is 1.21 bits per heavy atom. The molecule has 0 saturated carbocycles. The van der Waals surface area contributed by atoms with E-state index in [0.717, 1.165) is 19.5 Å². The van der Waals surface area contributed by atoms with E-state index < -0.39 is 0 Å². The van der Waals surface area contributed by atoms with Crippen LogP contribution in [0.25, 0.3) is 0 Å². The van der Waals surface area contributed by atoms with E-state index in [4.69, 9.17) is 0 Å². The van der Waals surface area contributed by atoms with Gasteiger partial charge in [-0.25, -0.2) is 0 Å². The first kappa shape index (κ1) is 15.7. The summed E-state index contributed by atoms with van der Waals surface area (Å²) in [5.41, 5.74) is 2.55. The SMILES string of the molecule is CCC(c1cccc(C)c1)C(C)C(=O)N(CC)CC. The number of carbonyl (C=O) groups excluding carboxylic acids is 1. The molecule has 2 nitrogen and oxygen atoms in total. The second-order valence-corrected chi connectivity index (χ2v) is 5.23. The van der Waals surface area contributed by atoms with Crippen LogP contribution in [0.1, 0.15) is 51.2 Å². The fourth-order valence-electron chi connectivity index (χ4n) is 2.77. The van der Waals surface area contributed by atoms with Crippen molar-refractivity contribution in [1.29, 1.82) is 0 Å². The highest BCUT2D eigenvalue weighted by Crippen LogP contribution is 2.29. The first-order valence-corrected chi connectivity index (χ1v) is 7.40. The van der Waals surface area contributed by atoms with Crippen molar-refractivity contribution in [3.8, 4) is 0 Å². The molecular weight excluding hydrogens is 234 g/mol. The number of aryl methyl sites for hydroxylation is 1. The summed E-state index contributed by atoms with van der Waals surface area (Å²) in [4.78, 5) is 14.4. The molecule has 0 fully saturated rings. The van der Waals surface area contributed by atoms with Crippen LogP contribution in [0.2, 0.25) is 0 Å².